The molecule has 1 saturated heterocycles. The molecule has 0 radical (unpaired) electrons. The number of nitrogens with one attached hydrogen (secondary N) is 1. The van der Waals surface area contributed by atoms with Gasteiger partial charge in [-0.3, -0.25) is 4.90 Å². The lowest BCUT2D eigenvalue weighted by molar-refractivity contribution is 0.111. The highest BCUT2D eigenvalue weighted by molar-refractivity contribution is 6.31. The molecule has 0 saturated carbocycles. The summed E-state index contributed by atoms with van der Waals surface area (Å²) in [7, 11) is 0. The molecule has 22 heavy (non-hydrogen) atoms. The third kappa shape index (κ3) is 4.92. The second kappa shape index (κ2) is 8.25. The number of benzene rings is 1. The first-order chi connectivity index (χ1) is 10.5. The van der Waals surface area contributed by atoms with E-state index < -0.39 is 0 Å². The average molecular weight is 329 g/mol. The standard InChI is InChI=1S/C17H26ClFN2O/c1-12(2)17(22)10-20-13-6-8-21(9-7-13)11-14-15(18)4-3-5-16(14)19/h3-5,12-13,17,20,22H,6-11H2,1-2H3. The van der Waals surface area contributed by atoms with E-state index in [1.54, 1.807) is 12.1 Å². The van der Waals surface area contributed by atoms with E-state index in [2.05, 4.69) is 10.2 Å². The Kier molecular flexibility index (Phi) is 6.63. The normalized spacial score (nSPS) is 18.8. The molecule has 2 N–H and O–H groups in total. The maximum Gasteiger partial charge on any atom is 0.129 e. The van der Waals surface area contributed by atoms with Crippen molar-refractivity contribution < 1.29 is 9.50 Å². The Hall–Kier alpha value is -0.680. The topological polar surface area (TPSA) is 35.5 Å². The van der Waals surface area contributed by atoms with Gasteiger partial charge in [0.05, 0.1) is 6.10 Å². The van der Waals surface area contributed by atoms with Crippen molar-refractivity contribution in [3.05, 3.63) is 34.6 Å². The van der Waals surface area contributed by atoms with Crippen LogP contribution in [-0.2, 0) is 6.54 Å². The quantitative estimate of drug-likeness (QED) is 0.842. The molecule has 1 aromatic carbocycles. The van der Waals surface area contributed by atoms with Crippen LogP contribution in [0.5, 0.6) is 0 Å². The summed E-state index contributed by atoms with van der Waals surface area (Å²) in [6, 6.07) is 5.27. The van der Waals surface area contributed by atoms with Crippen LogP contribution in [0.3, 0.4) is 0 Å². The molecule has 1 aromatic rings. The van der Waals surface area contributed by atoms with E-state index in [4.69, 9.17) is 11.6 Å². The molecule has 0 aliphatic carbocycles. The number of aliphatic hydroxyl groups excluding tert-OH is 1. The molecule has 124 valence electrons. The zero-order chi connectivity index (χ0) is 16.1. The molecular formula is C17H26ClFN2O. The van der Waals surface area contributed by atoms with Crippen LogP contribution in [0.1, 0.15) is 32.3 Å². The van der Waals surface area contributed by atoms with E-state index in [-0.39, 0.29) is 17.8 Å². The van der Waals surface area contributed by atoms with Crippen molar-refractivity contribution in [1.29, 1.82) is 0 Å². The van der Waals surface area contributed by atoms with Crippen LogP contribution < -0.4 is 5.32 Å². The van der Waals surface area contributed by atoms with E-state index in [1.165, 1.54) is 6.07 Å². The van der Waals surface area contributed by atoms with E-state index in [0.29, 0.717) is 29.7 Å². The summed E-state index contributed by atoms with van der Waals surface area (Å²) in [5.74, 6) is 0.0450. The molecular weight excluding hydrogens is 303 g/mol. The highest BCUT2D eigenvalue weighted by atomic mass is 35.5. The van der Waals surface area contributed by atoms with Gasteiger partial charge in [0.15, 0.2) is 0 Å². The first-order valence-electron chi connectivity index (χ1n) is 8.04. The molecule has 1 fully saturated rings. The van der Waals surface area contributed by atoms with Crippen molar-refractivity contribution in [2.24, 2.45) is 5.92 Å². The van der Waals surface area contributed by atoms with Gasteiger partial charge in [-0.2, -0.15) is 0 Å². The predicted octanol–water partition coefficient (Wildman–Crippen LogP) is 3.05. The Morgan fingerprint density at radius 3 is 2.64 bits per heavy atom. The lowest BCUT2D eigenvalue weighted by Crippen LogP contribution is -2.45. The summed E-state index contributed by atoms with van der Waals surface area (Å²) in [5, 5.41) is 13.8. The summed E-state index contributed by atoms with van der Waals surface area (Å²) in [5.41, 5.74) is 0.589. The molecule has 1 heterocycles. The minimum Gasteiger partial charge on any atom is -0.392 e. The smallest absolute Gasteiger partial charge is 0.129 e. The molecule has 0 amide bonds. The van der Waals surface area contributed by atoms with E-state index in [1.807, 2.05) is 13.8 Å². The SMILES string of the molecule is CC(C)C(O)CNC1CCN(Cc2c(F)cccc2Cl)CC1. The largest absolute Gasteiger partial charge is 0.392 e. The number of piperidine rings is 1. The van der Waals surface area contributed by atoms with Gasteiger partial charge in [0, 0.05) is 29.7 Å². The van der Waals surface area contributed by atoms with Crippen LogP contribution in [0.25, 0.3) is 0 Å². The van der Waals surface area contributed by atoms with Crippen LogP contribution in [0.15, 0.2) is 18.2 Å². The summed E-state index contributed by atoms with van der Waals surface area (Å²) >= 11 is 6.08. The lowest BCUT2D eigenvalue weighted by Gasteiger charge is -2.33. The zero-order valence-electron chi connectivity index (χ0n) is 13.4. The number of rotatable bonds is 6. The molecule has 2 rings (SSSR count). The maximum atomic E-state index is 13.8. The van der Waals surface area contributed by atoms with E-state index in [0.717, 1.165) is 25.9 Å². The van der Waals surface area contributed by atoms with Gasteiger partial charge < -0.3 is 10.4 Å². The second-order valence-electron chi connectivity index (χ2n) is 6.47. The van der Waals surface area contributed by atoms with Crippen molar-refractivity contribution >= 4 is 11.6 Å². The van der Waals surface area contributed by atoms with Gasteiger partial charge in [-0.1, -0.05) is 31.5 Å². The minimum absolute atomic E-state index is 0.229. The van der Waals surface area contributed by atoms with Crippen LogP contribution in [0, 0.1) is 11.7 Å². The number of hydrogen-bond acceptors (Lipinski definition) is 3. The predicted molar refractivity (Wildman–Crippen MR) is 88.6 cm³/mol. The fourth-order valence-electron chi connectivity index (χ4n) is 2.73. The molecule has 0 bridgehead atoms. The first kappa shape index (κ1) is 17.7. The molecule has 1 atom stereocenters. The monoisotopic (exact) mass is 328 g/mol. The molecule has 0 spiro atoms. The van der Waals surface area contributed by atoms with Gasteiger partial charge in [0.1, 0.15) is 5.82 Å². The Bertz CT molecular complexity index is 455. The number of halogens is 2. The molecule has 1 aliphatic heterocycles. The molecule has 3 nitrogen and oxygen atoms in total. The average Bonchev–Trinajstić information content (AvgIpc) is 2.49. The van der Waals surface area contributed by atoms with Crippen molar-refractivity contribution in [2.45, 2.75) is 45.4 Å². The first-order valence-corrected chi connectivity index (χ1v) is 8.42. The Labute approximate surface area is 137 Å². The summed E-state index contributed by atoms with van der Waals surface area (Å²) in [6.07, 6.45) is 1.73. The number of aliphatic hydroxyl groups is 1. The van der Waals surface area contributed by atoms with Crippen molar-refractivity contribution in [2.75, 3.05) is 19.6 Å². The highest BCUT2D eigenvalue weighted by Crippen LogP contribution is 2.22. The van der Waals surface area contributed by atoms with Crippen LogP contribution in [0.2, 0.25) is 5.02 Å². The van der Waals surface area contributed by atoms with Gasteiger partial charge >= 0.3 is 0 Å². The highest BCUT2D eigenvalue weighted by Gasteiger charge is 2.21. The third-order valence-electron chi connectivity index (χ3n) is 4.42. The van der Waals surface area contributed by atoms with Crippen LogP contribution >= 0.6 is 11.6 Å². The maximum absolute atomic E-state index is 13.8. The van der Waals surface area contributed by atoms with Crippen LogP contribution in [0.4, 0.5) is 4.39 Å². The van der Waals surface area contributed by atoms with Gasteiger partial charge in [-0.15, -0.1) is 0 Å². The van der Waals surface area contributed by atoms with Crippen LogP contribution in [-0.4, -0.2) is 41.8 Å². The fourth-order valence-corrected chi connectivity index (χ4v) is 2.95. The zero-order valence-corrected chi connectivity index (χ0v) is 14.1. The summed E-state index contributed by atoms with van der Waals surface area (Å²) < 4.78 is 13.8. The third-order valence-corrected chi connectivity index (χ3v) is 4.77. The van der Waals surface area contributed by atoms with E-state index >= 15 is 0 Å². The molecule has 1 unspecified atom stereocenters. The van der Waals surface area contributed by atoms with Gasteiger partial charge in [0.25, 0.3) is 0 Å². The minimum atomic E-state index is -0.296. The van der Waals surface area contributed by atoms with E-state index in [9.17, 15) is 9.50 Å². The fraction of sp³-hybridized carbons (Fsp3) is 0.647. The molecule has 1 aliphatic rings. The van der Waals surface area contributed by atoms with Gasteiger partial charge in [0.2, 0.25) is 0 Å². The number of likely N-dealkylation sites (tertiary alicyclic amines) is 1. The summed E-state index contributed by atoms with van der Waals surface area (Å²) in [6.45, 7) is 7.08. The number of nitrogens with zero attached hydrogens (tertiary/aromatic N) is 1. The second-order valence-corrected chi connectivity index (χ2v) is 6.88. The van der Waals surface area contributed by atoms with Gasteiger partial charge in [-0.05, 0) is 44.0 Å². The number of hydrogen-bond donors (Lipinski definition) is 2. The van der Waals surface area contributed by atoms with Crippen molar-refractivity contribution in [3.8, 4) is 0 Å². The molecule has 0 aromatic heterocycles. The Morgan fingerprint density at radius 1 is 1.36 bits per heavy atom. The lowest BCUT2D eigenvalue weighted by atomic mass is 10.0. The summed E-state index contributed by atoms with van der Waals surface area (Å²) in [4.78, 5) is 2.24. The Balaban J connectivity index is 1.78. The van der Waals surface area contributed by atoms with Crippen molar-refractivity contribution in [3.63, 3.8) is 0 Å². The van der Waals surface area contributed by atoms with Crippen molar-refractivity contribution in [1.82, 2.24) is 10.2 Å². The van der Waals surface area contributed by atoms with Gasteiger partial charge in [-0.25, -0.2) is 4.39 Å². The Morgan fingerprint density at radius 2 is 2.05 bits per heavy atom. The molecule has 5 heteroatoms.